The van der Waals surface area contributed by atoms with Gasteiger partial charge in [-0.15, -0.1) is 0 Å². The van der Waals surface area contributed by atoms with E-state index in [1.165, 1.54) is 24.8 Å². The summed E-state index contributed by atoms with van der Waals surface area (Å²) in [4.78, 5) is 4.03. The van der Waals surface area contributed by atoms with Crippen molar-refractivity contribution in [3.05, 3.63) is 30.1 Å². The molecule has 0 saturated carbocycles. The van der Waals surface area contributed by atoms with Crippen molar-refractivity contribution in [2.45, 2.75) is 45.4 Å². The minimum Gasteiger partial charge on any atom is -0.254 e. The highest BCUT2D eigenvalue weighted by Gasteiger charge is 2.19. The van der Waals surface area contributed by atoms with Gasteiger partial charge in [0.1, 0.15) is 0 Å². The Morgan fingerprint density at radius 1 is 1.46 bits per heavy atom. The van der Waals surface area contributed by atoms with E-state index in [1.807, 2.05) is 12.3 Å². The van der Waals surface area contributed by atoms with Crippen LogP contribution in [0.2, 0.25) is 0 Å². The molecule has 0 aliphatic rings. The van der Waals surface area contributed by atoms with E-state index in [9.17, 15) is 0 Å². The van der Waals surface area contributed by atoms with Crippen molar-refractivity contribution in [2.24, 2.45) is 0 Å². The molecular formula is C12H18N. The molecule has 1 rings (SSSR count). The van der Waals surface area contributed by atoms with Crippen LogP contribution in [0.3, 0.4) is 0 Å². The van der Waals surface area contributed by atoms with Crippen LogP contribution in [-0.2, 0) is 5.41 Å². The Kier molecular flexibility index (Phi) is 3.47. The van der Waals surface area contributed by atoms with Crippen LogP contribution in [0.25, 0.3) is 0 Å². The maximum absolute atomic E-state index is 4.03. The molecule has 0 unspecified atom stereocenters. The summed E-state index contributed by atoms with van der Waals surface area (Å²) in [6.07, 6.45) is 8.51. The second kappa shape index (κ2) is 4.40. The Morgan fingerprint density at radius 2 is 2.23 bits per heavy atom. The van der Waals surface area contributed by atoms with Crippen molar-refractivity contribution in [2.75, 3.05) is 0 Å². The van der Waals surface area contributed by atoms with Crippen molar-refractivity contribution in [1.82, 2.24) is 4.98 Å². The van der Waals surface area contributed by atoms with Crippen LogP contribution in [-0.4, -0.2) is 4.98 Å². The number of hydrogen-bond donors (Lipinski definition) is 0. The van der Waals surface area contributed by atoms with Crippen molar-refractivity contribution in [1.29, 1.82) is 0 Å². The lowest BCUT2D eigenvalue weighted by atomic mass is 9.81. The van der Waals surface area contributed by atoms with Crippen LogP contribution in [0, 0.1) is 6.20 Å². The molecule has 0 aliphatic heterocycles. The zero-order valence-electron chi connectivity index (χ0n) is 8.80. The van der Waals surface area contributed by atoms with Gasteiger partial charge in [-0.1, -0.05) is 39.7 Å². The molecule has 1 heteroatoms. The van der Waals surface area contributed by atoms with Crippen LogP contribution < -0.4 is 0 Å². The van der Waals surface area contributed by atoms with E-state index in [-0.39, 0.29) is 5.41 Å². The summed E-state index contributed by atoms with van der Waals surface area (Å²) in [5.41, 5.74) is 1.58. The van der Waals surface area contributed by atoms with E-state index in [4.69, 9.17) is 0 Å². The van der Waals surface area contributed by atoms with E-state index in [1.54, 1.807) is 0 Å². The zero-order chi connectivity index (χ0) is 9.73. The third-order valence-corrected chi connectivity index (χ3v) is 2.55. The fraction of sp³-hybridized carbons (Fsp3) is 0.583. The van der Waals surface area contributed by atoms with Gasteiger partial charge in [0.15, 0.2) is 0 Å². The fourth-order valence-corrected chi connectivity index (χ4v) is 1.48. The minimum atomic E-state index is 0.262. The Bertz CT molecular complexity index is 239. The molecule has 13 heavy (non-hydrogen) atoms. The van der Waals surface area contributed by atoms with Gasteiger partial charge < -0.3 is 0 Å². The maximum Gasteiger partial charge on any atom is 0.0886 e. The Hall–Kier alpha value is -0.850. The first kappa shape index (κ1) is 10.2. The molecule has 0 bridgehead atoms. The third-order valence-electron chi connectivity index (χ3n) is 2.55. The van der Waals surface area contributed by atoms with Gasteiger partial charge >= 0.3 is 0 Å². The van der Waals surface area contributed by atoms with E-state index < -0.39 is 0 Å². The van der Waals surface area contributed by atoms with Gasteiger partial charge in [0.25, 0.3) is 0 Å². The molecule has 1 heterocycles. The predicted molar refractivity (Wildman–Crippen MR) is 55.6 cm³/mol. The van der Waals surface area contributed by atoms with E-state index >= 15 is 0 Å². The maximum atomic E-state index is 4.03. The summed E-state index contributed by atoms with van der Waals surface area (Å²) in [5, 5.41) is 0. The monoisotopic (exact) mass is 176 g/mol. The lowest BCUT2D eigenvalue weighted by Crippen LogP contribution is -2.16. The molecule has 0 N–H and O–H groups in total. The molecule has 0 amide bonds. The largest absolute Gasteiger partial charge is 0.254 e. The first-order valence-electron chi connectivity index (χ1n) is 4.99. The summed E-state index contributed by atoms with van der Waals surface area (Å²) in [7, 11) is 0. The SMILES string of the molecule is CCCCC(C)(C)c1cc[c]nc1. The zero-order valence-corrected chi connectivity index (χ0v) is 8.80. The van der Waals surface area contributed by atoms with E-state index in [0.29, 0.717) is 0 Å². The molecule has 71 valence electrons. The average molecular weight is 176 g/mol. The van der Waals surface area contributed by atoms with Crippen molar-refractivity contribution in [3.63, 3.8) is 0 Å². The standard InChI is InChI=1S/C12H18N/c1-4-5-8-12(2,3)11-7-6-9-13-10-11/h6-7,10H,4-5,8H2,1-3H3. The molecule has 1 radical (unpaired) electrons. The molecule has 0 aromatic carbocycles. The molecule has 1 nitrogen and oxygen atoms in total. The van der Waals surface area contributed by atoms with Gasteiger partial charge in [0, 0.05) is 6.20 Å². The smallest absolute Gasteiger partial charge is 0.0886 e. The number of aromatic nitrogens is 1. The van der Waals surface area contributed by atoms with Crippen LogP contribution >= 0.6 is 0 Å². The highest BCUT2D eigenvalue weighted by molar-refractivity contribution is 5.18. The Morgan fingerprint density at radius 3 is 2.77 bits per heavy atom. The van der Waals surface area contributed by atoms with Crippen molar-refractivity contribution >= 4 is 0 Å². The predicted octanol–water partition coefficient (Wildman–Crippen LogP) is 3.35. The Labute approximate surface area is 81.2 Å². The highest BCUT2D eigenvalue weighted by atomic mass is 14.6. The van der Waals surface area contributed by atoms with Gasteiger partial charge in [-0.3, -0.25) is 4.98 Å². The summed E-state index contributed by atoms with van der Waals surface area (Å²) < 4.78 is 0. The number of hydrogen-bond acceptors (Lipinski definition) is 1. The summed E-state index contributed by atoms with van der Waals surface area (Å²) in [6.45, 7) is 6.78. The lowest BCUT2D eigenvalue weighted by molar-refractivity contribution is 0.456. The summed E-state index contributed by atoms with van der Waals surface area (Å²) in [6, 6.07) is 4.01. The minimum absolute atomic E-state index is 0.262. The quantitative estimate of drug-likeness (QED) is 0.685. The van der Waals surface area contributed by atoms with Crippen LogP contribution in [0.5, 0.6) is 0 Å². The number of pyridine rings is 1. The fourth-order valence-electron chi connectivity index (χ4n) is 1.48. The topological polar surface area (TPSA) is 12.9 Å². The number of nitrogens with zero attached hydrogens (tertiary/aromatic N) is 1. The van der Waals surface area contributed by atoms with Gasteiger partial charge in [0.05, 0.1) is 6.20 Å². The normalized spacial score (nSPS) is 11.6. The number of unbranched alkanes of at least 4 members (excludes halogenated alkanes) is 1. The van der Waals surface area contributed by atoms with Crippen molar-refractivity contribution < 1.29 is 0 Å². The van der Waals surface area contributed by atoms with Gasteiger partial charge in [-0.2, -0.15) is 0 Å². The van der Waals surface area contributed by atoms with Crippen molar-refractivity contribution in [3.8, 4) is 0 Å². The third kappa shape index (κ3) is 2.83. The molecule has 0 fully saturated rings. The van der Waals surface area contributed by atoms with Crippen LogP contribution in [0.1, 0.15) is 45.6 Å². The van der Waals surface area contributed by atoms with Gasteiger partial charge in [0.2, 0.25) is 0 Å². The lowest BCUT2D eigenvalue weighted by Gasteiger charge is -2.24. The summed E-state index contributed by atoms with van der Waals surface area (Å²) >= 11 is 0. The molecule has 0 atom stereocenters. The summed E-state index contributed by atoms with van der Waals surface area (Å²) in [5.74, 6) is 0. The Balaban J connectivity index is 2.69. The highest BCUT2D eigenvalue weighted by Crippen LogP contribution is 2.27. The molecular weight excluding hydrogens is 158 g/mol. The first-order valence-corrected chi connectivity index (χ1v) is 4.99. The number of rotatable bonds is 4. The average Bonchev–Trinajstić information content (AvgIpc) is 2.16. The van der Waals surface area contributed by atoms with E-state index in [2.05, 4.69) is 38.0 Å². The molecule has 0 saturated heterocycles. The molecule has 1 aromatic rings. The van der Waals surface area contributed by atoms with Gasteiger partial charge in [-0.25, -0.2) is 0 Å². The van der Waals surface area contributed by atoms with Crippen LogP contribution in [0.15, 0.2) is 18.3 Å². The molecule has 0 spiro atoms. The van der Waals surface area contributed by atoms with Crippen LogP contribution in [0.4, 0.5) is 0 Å². The first-order chi connectivity index (χ1) is 6.17. The molecule has 1 aromatic heterocycles. The van der Waals surface area contributed by atoms with E-state index in [0.717, 1.165) is 0 Å². The second-order valence-corrected chi connectivity index (χ2v) is 4.16. The molecule has 0 aliphatic carbocycles. The second-order valence-electron chi connectivity index (χ2n) is 4.16. The van der Waals surface area contributed by atoms with Gasteiger partial charge in [-0.05, 0) is 23.5 Å².